The van der Waals surface area contributed by atoms with Crippen molar-refractivity contribution in [3.63, 3.8) is 0 Å². The van der Waals surface area contributed by atoms with Crippen molar-refractivity contribution in [1.29, 1.82) is 0 Å². The molecule has 6 rings (SSSR count). The summed E-state index contributed by atoms with van der Waals surface area (Å²) in [5.41, 5.74) is 3.15. The highest BCUT2D eigenvalue weighted by Crippen LogP contribution is 2.34. The maximum Gasteiger partial charge on any atom is 0.231 e. The van der Waals surface area contributed by atoms with Crippen molar-refractivity contribution in [1.82, 2.24) is 25.1 Å². The van der Waals surface area contributed by atoms with Crippen molar-refractivity contribution >= 4 is 52.2 Å². The van der Waals surface area contributed by atoms with Gasteiger partial charge in [0.25, 0.3) is 0 Å². The molecule has 0 atom stereocenters. The number of aromatic amines is 1. The van der Waals surface area contributed by atoms with E-state index in [4.69, 9.17) is 14.1 Å². The number of rotatable bonds is 4. The molecule has 1 aliphatic rings. The summed E-state index contributed by atoms with van der Waals surface area (Å²) in [5, 5.41) is 11.2. The standard InChI is InChI=1S/C22H18FN7O2.ClH/c23-14-4-1-3-13(11-14)16-12-17(29-28-16)25-22-26-18-15-5-2-6-24-21(15)32-19(18)20(27-22)30-7-9-31-10-8-30;/h1-6,11-12H,7-10H2,(H2,25,26,27,28,29);1H. The van der Waals surface area contributed by atoms with Crippen LogP contribution in [0.2, 0.25) is 0 Å². The van der Waals surface area contributed by atoms with E-state index in [9.17, 15) is 4.39 Å². The van der Waals surface area contributed by atoms with Crippen LogP contribution < -0.4 is 10.2 Å². The second-order valence-electron chi connectivity index (χ2n) is 7.41. The zero-order valence-electron chi connectivity index (χ0n) is 17.3. The van der Waals surface area contributed by atoms with Crippen molar-refractivity contribution in [3.05, 3.63) is 54.5 Å². The minimum absolute atomic E-state index is 0. The number of hydrogen-bond donors (Lipinski definition) is 2. The van der Waals surface area contributed by atoms with Gasteiger partial charge in [0.1, 0.15) is 11.3 Å². The number of nitrogens with one attached hydrogen (secondary N) is 2. The Morgan fingerprint density at radius 3 is 2.79 bits per heavy atom. The van der Waals surface area contributed by atoms with Crippen molar-refractivity contribution in [2.45, 2.75) is 0 Å². The minimum atomic E-state index is -0.309. The molecule has 33 heavy (non-hydrogen) atoms. The largest absolute Gasteiger partial charge is 0.432 e. The number of H-pyrrole nitrogens is 1. The first-order chi connectivity index (χ1) is 15.7. The summed E-state index contributed by atoms with van der Waals surface area (Å²) in [7, 11) is 0. The molecule has 0 saturated carbocycles. The van der Waals surface area contributed by atoms with Crippen LogP contribution in [-0.2, 0) is 4.74 Å². The van der Waals surface area contributed by atoms with Gasteiger partial charge in [-0.2, -0.15) is 10.1 Å². The van der Waals surface area contributed by atoms with Crippen LogP contribution in [0.1, 0.15) is 0 Å². The molecule has 1 aromatic carbocycles. The maximum atomic E-state index is 13.6. The van der Waals surface area contributed by atoms with Crippen molar-refractivity contribution in [3.8, 4) is 11.3 Å². The SMILES string of the molecule is Cl.Fc1cccc(-c2cc(Nc3nc(N4CCOCC4)c4oc5ncccc5c4n3)n[nH]2)c1. The molecule has 5 heterocycles. The summed E-state index contributed by atoms with van der Waals surface area (Å²) >= 11 is 0. The third-order valence-corrected chi connectivity index (χ3v) is 5.34. The number of furan rings is 1. The second-order valence-corrected chi connectivity index (χ2v) is 7.41. The molecule has 2 N–H and O–H groups in total. The molecule has 5 aromatic rings. The molecule has 1 aliphatic heterocycles. The summed E-state index contributed by atoms with van der Waals surface area (Å²) in [6.07, 6.45) is 1.68. The molecule has 4 aromatic heterocycles. The Morgan fingerprint density at radius 2 is 1.94 bits per heavy atom. The molecule has 0 aliphatic carbocycles. The zero-order valence-corrected chi connectivity index (χ0v) is 18.1. The van der Waals surface area contributed by atoms with Crippen LogP contribution in [0.5, 0.6) is 0 Å². The van der Waals surface area contributed by atoms with Crippen molar-refractivity contribution < 1.29 is 13.5 Å². The number of benzene rings is 1. The Kier molecular flexibility index (Phi) is 5.53. The van der Waals surface area contributed by atoms with Crippen LogP contribution in [-0.4, -0.2) is 51.5 Å². The first-order valence-electron chi connectivity index (χ1n) is 10.2. The van der Waals surface area contributed by atoms with Gasteiger partial charge in [-0.05, 0) is 24.3 Å². The van der Waals surface area contributed by atoms with Crippen LogP contribution in [0, 0.1) is 5.82 Å². The van der Waals surface area contributed by atoms with Crippen LogP contribution in [0.3, 0.4) is 0 Å². The Balaban J connectivity index is 0.00000228. The normalized spacial score (nSPS) is 13.9. The quantitative estimate of drug-likeness (QED) is 0.403. The van der Waals surface area contributed by atoms with E-state index in [1.807, 2.05) is 18.2 Å². The van der Waals surface area contributed by atoms with Gasteiger partial charge in [0.2, 0.25) is 11.7 Å². The van der Waals surface area contributed by atoms with Gasteiger partial charge in [0.05, 0.1) is 24.3 Å². The molecular formula is C22H19ClFN7O2. The molecule has 0 spiro atoms. The van der Waals surface area contributed by atoms with E-state index in [2.05, 4.69) is 30.4 Å². The fraction of sp³-hybridized carbons (Fsp3) is 0.182. The maximum absolute atomic E-state index is 13.6. The molecule has 0 bridgehead atoms. The monoisotopic (exact) mass is 467 g/mol. The number of hydrogen-bond acceptors (Lipinski definition) is 8. The van der Waals surface area contributed by atoms with E-state index < -0.39 is 0 Å². The summed E-state index contributed by atoms with van der Waals surface area (Å²) in [5.74, 6) is 1.26. The first-order valence-corrected chi connectivity index (χ1v) is 10.2. The first kappa shape index (κ1) is 21.1. The van der Waals surface area contributed by atoms with Crippen molar-refractivity contribution in [2.24, 2.45) is 0 Å². The van der Waals surface area contributed by atoms with Gasteiger partial charge in [-0.3, -0.25) is 5.10 Å². The lowest BCUT2D eigenvalue weighted by molar-refractivity contribution is 0.122. The van der Waals surface area contributed by atoms with Gasteiger partial charge < -0.3 is 19.4 Å². The lowest BCUT2D eigenvalue weighted by atomic mass is 10.1. The summed E-state index contributed by atoms with van der Waals surface area (Å²) < 4.78 is 25.1. The number of fused-ring (bicyclic) bond motifs is 3. The Bertz CT molecular complexity index is 1430. The van der Waals surface area contributed by atoms with Gasteiger partial charge >= 0.3 is 0 Å². The molecule has 0 unspecified atom stereocenters. The van der Waals surface area contributed by atoms with Crippen LogP contribution in [0.25, 0.3) is 33.5 Å². The van der Waals surface area contributed by atoms with Gasteiger partial charge in [-0.25, -0.2) is 14.4 Å². The molecule has 168 valence electrons. The van der Waals surface area contributed by atoms with Gasteiger partial charge in [-0.1, -0.05) is 12.1 Å². The second kappa shape index (κ2) is 8.64. The summed E-state index contributed by atoms with van der Waals surface area (Å²) in [6, 6.07) is 11.9. The number of halogens is 2. The van der Waals surface area contributed by atoms with E-state index in [1.54, 1.807) is 18.3 Å². The van der Waals surface area contributed by atoms with Gasteiger partial charge in [0.15, 0.2) is 17.2 Å². The molecule has 0 radical (unpaired) electrons. The van der Waals surface area contributed by atoms with Crippen LogP contribution in [0.4, 0.5) is 22.0 Å². The van der Waals surface area contributed by atoms with E-state index in [1.165, 1.54) is 12.1 Å². The lowest BCUT2D eigenvalue weighted by Crippen LogP contribution is -2.37. The lowest BCUT2D eigenvalue weighted by Gasteiger charge is -2.27. The predicted molar refractivity (Wildman–Crippen MR) is 125 cm³/mol. The number of nitrogens with zero attached hydrogens (tertiary/aromatic N) is 5. The average molecular weight is 468 g/mol. The summed E-state index contributed by atoms with van der Waals surface area (Å²) in [4.78, 5) is 15.8. The molecule has 1 saturated heterocycles. The van der Waals surface area contributed by atoms with E-state index in [0.717, 1.165) is 5.39 Å². The third-order valence-electron chi connectivity index (χ3n) is 5.34. The number of aromatic nitrogens is 5. The van der Waals surface area contributed by atoms with E-state index >= 15 is 0 Å². The average Bonchev–Trinajstić information content (AvgIpc) is 3.44. The number of pyridine rings is 1. The highest BCUT2D eigenvalue weighted by atomic mass is 35.5. The topological polar surface area (TPSA) is 105 Å². The number of ether oxygens (including phenoxy) is 1. The highest BCUT2D eigenvalue weighted by Gasteiger charge is 2.22. The molecule has 1 fully saturated rings. The minimum Gasteiger partial charge on any atom is -0.432 e. The van der Waals surface area contributed by atoms with Crippen LogP contribution in [0.15, 0.2) is 53.1 Å². The molecule has 11 heteroatoms. The smallest absolute Gasteiger partial charge is 0.231 e. The third kappa shape index (κ3) is 3.94. The van der Waals surface area contributed by atoms with E-state index in [0.29, 0.717) is 72.0 Å². The number of morpholine rings is 1. The van der Waals surface area contributed by atoms with Gasteiger partial charge in [0, 0.05) is 30.9 Å². The number of anilines is 3. The van der Waals surface area contributed by atoms with Gasteiger partial charge in [-0.15, -0.1) is 12.4 Å². The summed E-state index contributed by atoms with van der Waals surface area (Å²) in [6.45, 7) is 2.62. The Hall–Kier alpha value is -3.76. The molecular weight excluding hydrogens is 449 g/mol. The Morgan fingerprint density at radius 1 is 1.06 bits per heavy atom. The van der Waals surface area contributed by atoms with Crippen molar-refractivity contribution in [2.75, 3.05) is 36.5 Å². The fourth-order valence-electron chi connectivity index (χ4n) is 3.81. The molecule has 0 amide bonds. The Labute approximate surface area is 193 Å². The highest BCUT2D eigenvalue weighted by molar-refractivity contribution is 6.05. The predicted octanol–water partition coefficient (Wildman–Crippen LogP) is 4.30. The molecule has 9 nitrogen and oxygen atoms in total. The van der Waals surface area contributed by atoms with E-state index in [-0.39, 0.29) is 18.2 Å². The zero-order chi connectivity index (χ0) is 21.5. The fourth-order valence-corrected chi connectivity index (χ4v) is 3.81. The van der Waals surface area contributed by atoms with Crippen LogP contribution >= 0.6 is 12.4 Å².